The molecule has 1 aromatic rings. The van der Waals surface area contributed by atoms with Crippen molar-refractivity contribution in [1.82, 2.24) is 0 Å². The molecule has 0 saturated heterocycles. The molecule has 0 aliphatic heterocycles. The average molecular weight is 196 g/mol. The highest BCUT2D eigenvalue weighted by Crippen LogP contribution is 2.19. The van der Waals surface area contributed by atoms with Crippen molar-refractivity contribution < 1.29 is 9.90 Å². The lowest BCUT2D eigenvalue weighted by Crippen LogP contribution is -1.95. The van der Waals surface area contributed by atoms with Gasteiger partial charge in [-0.15, -0.1) is 11.8 Å². The molecule has 1 N–H and O–H groups in total. The van der Waals surface area contributed by atoms with Crippen LogP contribution in [0.15, 0.2) is 29.2 Å². The molecule has 0 amide bonds. The first kappa shape index (κ1) is 10.1. The molecule has 0 saturated carbocycles. The third kappa shape index (κ3) is 3.11. The highest BCUT2D eigenvalue weighted by atomic mass is 32.2. The Morgan fingerprint density at radius 3 is 2.92 bits per heavy atom. The Morgan fingerprint density at radius 2 is 2.31 bits per heavy atom. The standard InChI is InChI=1S/C10H12O2S/c1-2-6-13-9-5-3-4-8(7-9)10(11)12/h3-5,7H,2,6H2,1H3,(H,11,12). The van der Waals surface area contributed by atoms with Crippen molar-refractivity contribution in [3.8, 4) is 0 Å². The molecule has 0 unspecified atom stereocenters. The zero-order valence-electron chi connectivity index (χ0n) is 7.49. The molecule has 0 aliphatic carbocycles. The van der Waals surface area contributed by atoms with Crippen LogP contribution in [0.2, 0.25) is 0 Å². The maximum atomic E-state index is 10.6. The first-order valence-electron chi connectivity index (χ1n) is 4.20. The maximum absolute atomic E-state index is 10.6. The molecule has 0 bridgehead atoms. The topological polar surface area (TPSA) is 37.3 Å². The second-order valence-corrected chi connectivity index (χ2v) is 3.85. The van der Waals surface area contributed by atoms with E-state index in [2.05, 4.69) is 6.92 Å². The Labute approximate surface area is 82.0 Å². The third-order valence-corrected chi connectivity index (χ3v) is 2.75. The van der Waals surface area contributed by atoms with Crippen molar-refractivity contribution in [2.45, 2.75) is 18.2 Å². The van der Waals surface area contributed by atoms with Gasteiger partial charge in [0.25, 0.3) is 0 Å². The Bertz CT molecular complexity index is 297. The van der Waals surface area contributed by atoms with Gasteiger partial charge in [0.05, 0.1) is 5.56 Å². The monoisotopic (exact) mass is 196 g/mol. The first-order chi connectivity index (χ1) is 6.24. The van der Waals surface area contributed by atoms with Gasteiger partial charge in [-0.2, -0.15) is 0 Å². The Kier molecular flexibility index (Phi) is 3.83. The van der Waals surface area contributed by atoms with Crippen molar-refractivity contribution in [1.29, 1.82) is 0 Å². The third-order valence-electron chi connectivity index (χ3n) is 1.55. The van der Waals surface area contributed by atoms with Gasteiger partial charge in [0.1, 0.15) is 0 Å². The Balaban J connectivity index is 2.73. The molecule has 70 valence electrons. The van der Waals surface area contributed by atoms with E-state index in [0.717, 1.165) is 17.1 Å². The van der Waals surface area contributed by atoms with Crippen LogP contribution in [0.4, 0.5) is 0 Å². The van der Waals surface area contributed by atoms with Gasteiger partial charge in [0.15, 0.2) is 0 Å². The van der Waals surface area contributed by atoms with Gasteiger partial charge in [-0.25, -0.2) is 4.79 Å². The molecule has 2 nitrogen and oxygen atoms in total. The minimum absolute atomic E-state index is 0.362. The van der Waals surface area contributed by atoms with Crippen LogP contribution in [0.25, 0.3) is 0 Å². The van der Waals surface area contributed by atoms with Gasteiger partial charge >= 0.3 is 5.97 Å². The van der Waals surface area contributed by atoms with Crippen molar-refractivity contribution in [2.24, 2.45) is 0 Å². The fraction of sp³-hybridized carbons (Fsp3) is 0.300. The minimum Gasteiger partial charge on any atom is -0.478 e. The van der Waals surface area contributed by atoms with Crippen LogP contribution in [0.3, 0.4) is 0 Å². The molecule has 0 spiro atoms. The van der Waals surface area contributed by atoms with Crippen LogP contribution in [0.1, 0.15) is 23.7 Å². The van der Waals surface area contributed by atoms with Crippen LogP contribution in [-0.2, 0) is 0 Å². The van der Waals surface area contributed by atoms with E-state index in [1.54, 1.807) is 30.0 Å². The number of carboxylic acids is 1. The van der Waals surface area contributed by atoms with Gasteiger partial charge in [-0.3, -0.25) is 0 Å². The van der Waals surface area contributed by atoms with E-state index in [0.29, 0.717) is 5.56 Å². The van der Waals surface area contributed by atoms with Gasteiger partial charge in [0.2, 0.25) is 0 Å². The zero-order chi connectivity index (χ0) is 9.68. The number of hydrogen-bond donors (Lipinski definition) is 1. The number of hydrogen-bond acceptors (Lipinski definition) is 2. The van der Waals surface area contributed by atoms with Crippen LogP contribution in [-0.4, -0.2) is 16.8 Å². The Hall–Kier alpha value is -0.960. The van der Waals surface area contributed by atoms with Crippen LogP contribution in [0.5, 0.6) is 0 Å². The fourth-order valence-electron chi connectivity index (χ4n) is 0.939. The molecule has 0 atom stereocenters. The highest BCUT2D eigenvalue weighted by Gasteiger charge is 2.02. The van der Waals surface area contributed by atoms with E-state index in [9.17, 15) is 4.79 Å². The van der Waals surface area contributed by atoms with E-state index in [1.807, 2.05) is 6.07 Å². The van der Waals surface area contributed by atoms with Crippen LogP contribution >= 0.6 is 11.8 Å². The first-order valence-corrected chi connectivity index (χ1v) is 5.18. The Morgan fingerprint density at radius 1 is 1.54 bits per heavy atom. The number of aromatic carboxylic acids is 1. The molecular formula is C10H12O2S. The van der Waals surface area contributed by atoms with Gasteiger partial charge in [-0.1, -0.05) is 13.0 Å². The summed E-state index contributed by atoms with van der Waals surface area (Å²) in [5.74, 6) is 0.169. The summed E-state index contributed by atoms with van der Waals surface area (Å²) in [6.07, 6.45) is 1.10. The molecule has 0 aliphatic rings. The van der Waals surface area contributed by atoms with Crippen molar-refractivity contribution >= 4 is 17.7 Å². The van der Waals surface area contributed by atoms with Crippen LogP contribution in [0, 0.1) is 0 Å². The molecule has 0 fully saturated rings. The summed E-state index contributed by atoms with van der Waals surface area (Å²) in [7, 11) is 0. The summed E-state index contributed by atoms with van der Waals surface area (Å²) in [6.45, 7) is 2.11. The summed E-state index contributed by atoms with van der Waals surface area (Å²) in [5.41, 5.74) is 0.362. The van der Waals surface area contributed by atoms with E-state index in [4.69, 9.17) is 5.11 Å². The van der Waals surface area contributed by atoms with Crippen molar-refractivity contribution in [2.75, 3.05) is 5.75 Å². The predicted molar refractivity (Wildman–Crippen MR) is 54.4 cm³/mol. The summed E-state index contributed by atoms with van der Waals surface area (Å²) in [4.78, 5) is 11.6. The molecule has 0 radical (unpaired) electrons. The molecule has 0 aromatic heterocycles. The fourth-order valence-corrected chi connectivity index (χ4v) is 1.76. The maximum Gasteiger partial charge on any atom is 0.335 e. The summed E-state index contributed by atoms with van der Waals surface area (Å²) < 4.78 is 0. The molecular weight excluding hydrogens is 184 g/mol. The van der Waals surface area contributed by atoms with E-state index >= 15 is 0 Å². The average Bonchev–Trinajstić information content (AvgIpc) is 2.15. The summed E-state index contributed by atoms with van der Waals surface area (Å²) >= 11 is 1.69. The number of carboxylic acid groups (broad SMARTS) is 1. The molecule has 1 aromatic carbocycles. The molecule has 1 rings (SSSR count). The second kappa shape index (κ2) is 4.92. The number of rotatable bonds is 4. The van der Waals surface area contributed by atoms with E-state index < -0.39 is 5.97 Å². The summed E-state index contributed by atoms with van der Waals surface area (Å²) in [5, 5.41) is 8.73. The van der Waals surface area contributed by atoms with Crippen LogP contribution < -0.4 is 0 Å². The van der Waals surface area contributed by atoms with Crippen molar-refractivity contribution in [3.05, 3.63) is 29.8 Å². The lowest BCUT2D eigenvalue weighted by Gasteiger charge is -2.00. The lowest BCUT2D eigenvalue weighted by atomic mass is 10.2. The number of benzene rings is 1. The lowest BCUT2D eigenvalue weighted by molar-refractivity contribution is 0.0696. The predicted octanol–water partition coefficient (Wildman–Crippen LogP) is 2.89. The van der Waals surface area contributed by atoms with Gasteiger partial charge < -0.3 is 5.11 Å². The van der Waals surface area contributed by atoms with E-state index in [1.165, 1.54) is 0 Å². The highest BCUT2D eigenvalue weighted by molar-refractivity contribution is 7.99. The smallest absolute Gasteiger partial charge is 0.335 e. The summed E-state index contributed by atoms with van der Waals surface area (Å²) in [6, 6.07) is 7.04. The molecule has 0 heterocycles. The second-order valence-electron chi connectivity index (χ2n) is 2.68. The normalized spacial score (nSPS) is 9.92. The van der Waals surface area contributed by atoms with Gasteiger partial charge in [-0.05, 0) is 30.4 Å². The largest absolute Gasteiger partial charge is 0.478 e. The molecule has 13 heavy (non-hydrogen) atoms. The number of thioether (sulfide) groups is 1. The molecule has 3 heteroatoms. The zero-order valence-corrected chi connectivity index (χ0v) is 8.30. The van der Waals surface area contributed by atoms with Crippen molar-refractivity contribution in [3.63, 3.8) is 0 Å². The number of carbonyl (C=O) groups is 1. The SMILES string of the molecule is CCCSc1cccc(C(=O)O)c1. The quantitative estimate of drug-likeness (QED) is 0.752. The minimum atomic E-state index is -0.862. The van der Waals surface area contributed by atoms with Gasteiger partial charge in [0, 0.05) is 4.90 Å². The van der Waals surface area contributed by atoms with E-state index in [-0.39, 0.29) is 0 Å².